The standard InChI is InChI=1S/C8H15BO4/c1-2-8(11)12-4-6-5(10)3-7(9)13-6/h5-7,10H,2-4,9H2,1H3/t5?,6-,7-/m0/s1. The third-order valence-corrected chi connectivity index (χ3v) is 2.11. The second kappa shape index (κ2) is 4.62. The summed E-state index contributed by atoms with van der Waals surface area (Å²) in [6.45, 7) is 1.90. The third-order valence-electron chi connectivity index (χ3n) is 2.11. The van der Waals surface area contributed by atoms with Gasteiger partial charge >= 0.3 is 5.97 Å². The molecular weight excluding hydrogens is 171 g/mol. The minimum atomic E-state index is -0.500. The summed E-state index contributed by atoms with van der Waals surface area (Å²) < 4.78 is 10.2. The molecule has 1 N–H and O–H groups in total. The zero-order valence-corrected chi connectivity index (χ0v) is 8.03. The first-order valence-electron chi connectivity index (χ1n) is 4.62. The fraction of sp³-hybridized carbons (Fsp3) is 0.875. The van der Waals surface area contributed by atoms with Crippen molar-refractivity contribution < 1.29 is 19.4 Å². The molecule has 13 heavy (non-hydrogen) atoms. The predicted octanol–water partition coefficient (Wildman–Crippen LogP) is -0.951. The molecular formula is C8H15BO4. The van der Waals surface area contributed by atoms with E-state index in [0.29, 0.717) is 12.8 Å². The first kappa shape index (κ1) is 10.5. The van der Waals surface area contributed by atoms with Gasteiger partial charge in [-0.2, -0.15) is 0 Å². The van der Waals surface area contributed by atoms with Crippen LogP contribution >= 0.6 is 0 Å². The molecule has 1 saturated heterocycles. The number of hydrogen-bond donors (Lipinski definition) is 1. The summed E-state index contributed by atoms with van der Waals surface area (Å²) >= 11 is 0. The van der Waals surface area contributed by atoms with Gasteiger partial charge in [-0.15, -0.1) is 0 Å². The number of hydrogen-bond acceptors (Lipinski definition) is 4. The van der Waals surface area contributed by atoms with E-state index in [9.17, 15) is 9.90 Å². The van der Waals surface area contributed by atoms with E-state index in [0.717, 1.165) is 0 Å². The van der Waals surface area contributed by atoms with Crippen LogP contribution in [0.15, 0.2) is 0 Å². The van der Waals surface area contributed by atoms with Gasteiger partial charge in [0.2, 0.25) is 0 Å². The summed E-state index contributed by atoms with van der Waals surface area (Å²) in [5.74, 6) is -0.254. The highest BCUT2D eigenvalue weighted by Crippen LogP contribution is 2.18. The van der Waals surface area contributed by atoms with Crippen LogP contribution in [0.4, 0.5) is 0 Å². The number of rotatable bonds is 3. The Hall–Kier alpha value is -0.545. The molecule has 0 saturated carbocycles. The summed E-state index contributed by atoms with van der Waals surface area (Å²) in [7, 11) is 1.89. The van der Waals surface area contributed by atoms with Crippen LogP contribution in [0, 0.1) is 0 Å². The van der Waals surface area contributed by atoms with Crippen LogP contribution in [0.25, 0.3) is 0 Å². The molecule has 5 heteroatoms. The van der Waals surface area contributed by atoms with E-state index in [-0.39, 0.29) is 24.7 Å². The van der Waals surface area contributed by atoms with Crippen LogP contribution in [0.2, 0.25) is 0 Å². The molecule has 1 heterocycles. The van der Waals surface area contributed by atoms with Crippen molar-refractivity contribution in [1.29, 1.82) is 0 Å². The first-order valence-corrected chi connectivity index (χ1v) is 4.62. The molecule has 0 amide bonds. The largest absolute Gasteiger partial charge is 0.463 e. The third kappa shape index (κ3) is 3.01. The van der Waals surface area contributed by atoms with E-state index in [4.69, 9.17) is 9.47 Å². The summed E-state index contributed by atoms with van der Waals surface area (Å²) in [5, 5.41) is 9.43. The molecule has 3 atom stereocenters. The molecule has 1 unspecified atom stereocenters. The maximum absolute atomic E-state index is 10.8. The minimum Gasteiger partial charge on any atom is -0.463 e. The number of carbonyl (C=O) groups excluding carboxylic acids is 1. The Morgan fingerprint density at radius 2 is 2.46 bits per heavy atom. The van der Waals surface area contributed by atoms with Crippen LogP contribution in [0.1, 0.15) is 19.8 Å². The predicted molar refractivity (Wildman–Crippen MR) is 49.1 cm³/mol. The lowest BCUT2D eigenvalue weighted by molar-refractivity contribution is -0.148. The van der Waals surface area contributed by atoms with Crippen molar-refractivity contribution in [3.63, 3.8) is 0 Å². The van der Waals surface area contributed by atoms with Crippen molar-refractivity contribution in [1.82, 2.24) is 0 Å². The molecule has 1 rings (SSSR count). The molecule has 1 fully saturated rings. The van der Waals surface area contributed by atoms with E-state index >= 15 is 0 Å². The van der Waals surface area contributed by atoms with Crippen LogP contribution < -0.4 is 0 Å². The minimum absolute atomic E-state index is 0.0559. The van der Waals surface area contributed by atoms with Crippen molar-refractivity contribution >= 4 is 13.8 Å². The Kier molecular flexibility index (Phi) is 3.75. The lowest BCUT2D eigenvalue weighted by Crippen LogP contribution is -2.27. The average molecular weight is 186 g/mol. The smallest absolute Gasteiger partial charge is 0.305 e. The molecule has 0 bridgehead atoms. The fourth-order valence-corrected chi connectivity index (χ4v) is 1.36. The van der Waals surface area contributed by atoms with Gasteiger partial charge in [0.25, 0.3) is 0 Å². The Labute approximate surface area is 78.6 Å². The Bertz CT molecular complexity index is 185. The van der Waals surface area contributed by atoms with Gasteiger partial charge in [-0.1, -0.05) is 6.92 Å². The quantitative estimate of drug-likeness (QED) is 0.456. The van der Waals surface area contributed by atoms with Gasteiger partial charge in [-0.25, -0.2) is 0 Å². The van der Waals surface area contributed by atoms with Crippen molar-refractivity contribution in [2.24, 2.45) is 0 Å². The Morgan fingerprint density at radius 1 is 1.77 bits per heavy atom. The van der Waals surface area contributed by atoms with Crippen molar-refractivity contribution in [3.05, 3.63) is 0 Å². The SMILES string of the molecule is B[C@@H]1CC(O)[C@H](COC(=O)CC)O1. The summed E-state index contributed by atoms with van der Waals surface area (Å²) in [6.07, 6.45) is 0.136. The Balaban J connectivity index is 2.25. The highest BCUT2D eigenvalue weighted by atomic mass is 16.6. The molecule has 0 aromatic rings. The van der Waals surface area contributed by atoms with Crippen LogP contribution in [0.3, 0.4) is 0 Å². The van der Waals surface area contributed by atoms with Crippen LogP contribution in [-0.4, -0.2) is 43.7 Å². The Morgan fingerprint density at radius 3 is 2.92 bits per heavy atom. The monoisotopic (exact) mass is 186 g/mol. The van der Waals surface area contributed by atoms with E-state index in [1.807, 2.05) is 7.85 Å². The molecule has 4 nitrogen and oxygen atoms in total. The molecule has 1 aliphatic rings. The summed E-state index contributed by atoms with van der Waals surface area (Å²) in [6, 6.07) is 0.0559. The molecule has 0 aromatic heterocycles. The van der Waals surface area contributed by atoms with E-state index in [2.05, 4.69) is 0 Å². The second-order valence-corrected chi connectivity index (χ2v) is 3.32. The topological polar surface area (TPSA) is 55.8 Å². The molecule has 74 valence electrons. The number of esters is 1. The number of aliphatic hydroxyl groups excluding tert-OH is 1. The summed E-state index contributed by atoms with van der Waals surface area (Å²) in [4.78, 5) is 10.8. The molecule has 0 radical (unpaired) electrons. The van der Waals surface area contributed by atoms with E-state index < -0.39 is 6.10 Å². The number of ether oxygens (including phenoxy) is 2. The lowest BCUT2D eigenvalue weighted by Gasteiger charge is -2.13. The highest BCUT2D eigenvalue weighted by molar-refractivity contribution is 6.11. The van der Waals surface area contributed by atoms with Crippen LogP contribution in [0.5, 0.6) is 0 Å². The van der Waals surface area contributed by atoms with Gasteiger partial charge in [0, 0.05) is 12.4 Å². The van der Waals surface area contributed by atoms with Gasteiger partial charge in [0.1, 0.15) is 20.6 Å². The fourth-order valence-electron chi connectivity index (χ4n) is 1.36. The second-order valence-electron chi connectivity index (χ2n) is 3.32. The number of carbonyl (C=O) groups is 1. The van der Waals surface area contributed by atoms with Gasteiger partial charge in [0.15, 0.2) is 0 Å². The van der Waals surface area contributed by atoms with Crippen molar-refractivity contribution in [2.75, 3.05) is 6.61 Å². The zero-order valence-electron chi connectivity index (χ0n) is 8.03. The van der Waals surface area contributed by atoms with Crippen molar-refractivity contribution in [3.8, 4) is 0 Å². The first-order chi connectivity index (χ1) is 6.13. The zero-order chi connectivity index (χ0) is 9.84. The molecule has 1 aliphatic heterocycles. The average Bonchev–Trinajstić information content (AvgIpc) is 2.41. The normalized spacial score (nSPS) is 33.2. The molecule has 0 aromatic carbocycles. The molecule has 0 aliphatic carbocycles. The maximum atomic E-state index is 10.8. The number of aliphatic hydroxyl groups is 1. The van der Waals surface area contributed by atoms with E-state index in [1.54, 1.807) is 6.92 Å². The van der Waals surface area contributed by atoms with Gasteiger partial charge in [-0.05, 0) is 6.42 Å². The van der Waals surface area contributed by atoms with Crippen molar-refractivity contribution in [2.45, 2.75) is 38.0 Å². The highest BCUT2D eigenvalue weighted by Gasteiger charge is 2.31. The molecule has 0 spiro atoms. The maximum Gasteiger partial charge on any atom is 0.305 e. The van der Waals surface area contributed by atoms with Crippen LogP contribution in [-0.2, 0) is 14.3 Å². The van der Waals surface area contributed by atoms with Gasteiger partial charge in [-0.3, -0.25) is 4.79 Å². The van der Waals surface area contributed by atoms with E-state index in [1.165, 1.54) is 0 Å². The summed E-state index contributed by atoms with van der Waals surface area (Å²) in [5.41, 5.74) is 0. The van der Waals surface area contributed by atoms with Gasteiger partial charge in [0.05, 0.1) is 6.10 Å². The lowest BCUT2D eigenvalue weighted by atomic mass is 9.96. The van der Waals surface area contributed by atoms with Gasteiger partial charge < -0.3 is 14.6 Å².